The Balaban J connectivity index is 1.68. The van der Waals surface area contributed by atoms with Gasteiger partial charge in [0.05, 0.1) is 35.4 Å². The molecule has 43 heavy (non-hydrogen) atoms. The fourth-order valence-corrected chi connectivity index (χ4v) is 7.28. The van der Waals surface area contributed by atoms with E-state index < -0.39 is 39.2 Å². The highest BCUT2D eigenvalue weighted by molar-refractivity contribution is 7.91. The molecule has 4 heterocycles. The van der Waals surface area contributed by atoms with Gasteiger partial charge in [0.15, 0.2) is 26.1 Å². The van der Waals surface area contributed by atoms with E-state index in [1.165, 1.54) is 13.2 Å². The van der Waals surface area contributed by atoms with Gasteiger partial charge in [0.2, 0.25) is 5.91 Å². The van der Waals surface area contributed by atoms with E-state index in [-0.39, 0.29) is 33.8 Å². The first-order chi connectivity index (χ1) is 20.5. The molecule has 2 saturated heterocycles. The standard InChI is InChI=1S/C27H34F2N6O6S2/c1-16(2)27(37)34-10-8-33(9-11-34)19-15-17(43(38,39)13-7-21(36)40-3)14-18-22(25-30-31-26(42-25)24(28)29)32-35(23(18)19)20-6-4-5-12-41-20/h14-16,20,24H,4-13H2,1-3H3. The average Bonchev–Trinajstić information content (AvgIpc) is 3.65. The van der Waals surface area contributed by atoms with Crippen LogP contribution in [-0.2, 0) is 28.9 Å². The van der Waals surface area contributed by atoms with E-state index in [2.05, 4.69) is 14.9 Å². The smallest absolute Gasteiger partial charge is 0.306 e. The van der Waals surface area contributed by atoms with Gasteiger partial charge in [-0.1, -0.05) is 25.2 Å². The van der Waals surface area contributed by atoms with Gasteiger partial charge in [-0.2, -0.15) is 5.10 Å². The van der Waals surface area contributed by atoms with Crippen molar-refractivity contribution >= 4 is 49.6 Å². The summed E-state index contributed by atoms with van der Waals surface area (Å²) < 4.78 is 66.4. The van der Waals surface area contributed by atoms with Gasteiger partial charge < -0.3 is 19.3 Å². The van der Waals surface area contributed by atoms with Crippen molar-refractivity contribution in [3.63, 3.8) is 0 Å². The van der Waals surface area contributed by atoms with Gasteiger partial charge in [-0.25, -0.2) is 21.9 Å². The molecule has 3 aromatic rings. The van der Waals surface area contributed by atoms with Crippen LogP contribution in [0.2, 0.25) is 0 Å². The molecule has 5 rings (SSSR count). The summed E-state index contributed by atoms with van der Waals surface area (Å²) >= 11 is 0.690. The number of methoxy groups -OCH3 is 1. The van der Waals surface area contributed by atoms with Gasteiger partial charge in [-0.3, -0.25) is 9.59 Å². The van der Waals surface area contributed by atoms with E-state index in [1.54, 1.807) is 15.6 Å². The fraction of sp³-hybridized carbons (Fsp3) is 0.593. The second kappa shape index (κ2) is 12.8. The number of rotatable bonds is 9. The number of ether oxygens (including phenoxy) is 2. The Kier molecular flexibility index (Phi) is 9.27. The summed E-state index contributed by atoms with van der Waals surface area (Å²) in [5.41, 5.74) is 1.34. The van der Waals surface area contributed by atoms with Crippen LogP contribution in [0.25, 0.3) is 21.6 Å². The Labute approximate surface area is 251 Å². The number of carbonyl (C=O) groups excluding carboxylic acids is 2. The number of alkyl halides is 2. The molecule has 0 saturated carbocycles. The van der Waals surface area contributed by atoms with Crippen LogP contribution in [0.3, 0.4) is 0 Å². The number of sulfone groups is 1. The summed E-state index contributed by atoms with van der Waals surface area (Å²) in [5.74, 6) is -1.26. The summed E-state index contributed by atoms with van der Waals surface area (Å²) in [6.45, 7) is 5.94. The summed E-state index contributed by atoms with van der Waals surface area (Å²) in [4.78, 5) is 28.2. The van der Waals surface area contributed by atoms with E-state index in [4.69, 9.17) is 9.84 Å². The number of aromatic nitrogens is 4. The minimum absolute atomic E-state index is 0.0398. The molecule has 0 bridgehead atoms. The quantitative estimate of drug-likeness (QED) is 0.318. The van der Waals surface area contributed by atoms with Crippen LogP contribution in [0.1, 0.15) is 57.2 Å². The Morgan fingerprint density at radius 3 is 2.49 bits per heavy atom. The van der Waals surface area contributed by atoms with E-state index in [9.17, 15) is 26.8 Å². The molecule has 12 nitrogen and oxygen atoms in total. The molecular formula is C27H34F2N6O6S2. The van der Waals surface area contributed by atoms with Crippen LogP contribution in [0.5, 0.6) is 0 Å². The van der Waals surface area contributed by atoms with Gasteiger partial charge >= 0.3 is 5.97 Å². The van der Waals surface area contributed by atoms with Crippen molar-refractivity contribution in [1.29, 1.82) is 0 Å². The molecule has 0 N–H and O–H groups in total. The zero-order valence-corrected chi connectivity index (χ0v) is 25.8. The lowest BCUT2D eigenvalue weighted by Gasteiger charge is -2.37. The molecule has 1 amide bonds. The molecule has 0 spiro atoms. The van der Waals surface area contributed by atoms with E-state index in [0.29, 0.717) is 67.1 Å². The van der Waals surface area contributed by atoms with E-state index in [0.717, 1.165) is 12.8 Å². The lowest BCUT2D eigenvalue weighted by atomic mass is 10.1. The number of anilines is 1. The van der Waals surface area contributed by atoms with E-state index >= 15 is 0 Å². The van der Waals surface area contributed by atoms with Crippen molar-refractivity contribution < 1.29 is 36.3 Å². The van der Waals surface area contributed by atoms with Crippen molar-refractivity contribution in [3.8, 4) is 10.7 Å². The third-order valence-electron chi connectivity index (χ3n) is 7.60. The van der Waals surface area contributed by atoms with E-state index in [1.807, 2.05) is 18.7 Å². The number of piperazine rings is 1. The number of halogens is 2. The highest BCUT2D eigenvalue weighted by atomic mass is 32.2. The van der Waals surface area contributed by atoms with Crippen molar-refractivity contribution in [1.82, 2.24) is 24.9 Å². The number of carbonyl (C=O) groups is 2. The Morgan fingerprint density at radius 1 is 1.14 bits per heavy atom. The molecule has 16 heteroatoms. The minimum Gasteiger partial charge on any atom is -0.469 e. The molecule has 1 atom stereocenters. The maximum Gasteiger partial charge on any atom is 0.306 e. The number of esters is 1. The molecule has 2 aromatic heterocycles. The van der Waals surface area contributed by atoms with Gasteiger partial charge in [0.1, 0.15) is 5.69 Å². The van der Waals surface area contributed by atoms with Gasteiger partial charge in [-0.15, -0.1) is 10.2 Å². The normalized spacial score (nSPS) is 18.2. The maximum absolute atomic E-state index is 13.5. The molecule has 2 fully saturated rings. The SMILES string of the molecule is COC(=O)CCS(=O)(=O)c1cc(N2CCN(C(=O)C(C)C)CC2)c2c(c1)c(-c1nnc(C(F)F)s1)nn2C1CCCCO1. The third kappa shape index (κ3) is 6.50. The summed E-state index contributed by atoms with van der Waals surface area (Å²) in [6.07, 6.45) is -1.19. The second-order valence-corrected chi connectivity index (χ2v) is 13.9. The molecule has 2 aliphatic heterocycles. The number of fused-ring (bicyclic) bond motifs is 1. The summed E-state index contributed by atoms with van der Waals surface area (Å²) in [5, 5.41) is 12.4. The number of nitrogens with zero attached hydrogens (tertiary/aromatic N) is 6. The zero-order chi connectivity index (χ0) is 30.9. The number of benzene rings is 1. The van der Waals surface area contributed by atoms with Crippen molar-refractivity contribution in [3.05, 3.63) is 17.1 Å². The highest BCUT2D eigenvalue weighted by Crippen LogP contribution is 2.41. The Bertz CT molecular complexity index is 1590. The fourth-order valence-electron chi connectivity index (χ4n) is 5.32. The zero-order valence-electron chi connectivity index (χ0n) is 24.2. The first-order valence-corrected chi connectivity index (χ1v) is 16.6. The lowest BCUT2D eigenvalue weighted by molar-refractivity contribution is -0.140. The second-order valence-electron chi connectivity index (χ2n) is 10.8. The van der Waals surface area contributed by atoms with Crippen LogP contribution >= 0.6 is 11.3 Å². The van der Waals surface area contributed by atoms with Crippen molar-refractivity contribution in [2.75, 3.05) is 50.5 Å². The predicted molar refractivity (Wildman–Crippen MR) is 155 cm³/mol. The Morgan fingerprint density at radius 2 is 1.88 bits per heavy atom. The largest absolute Gasteiger partial charge is 0.469 e. The molecule has 1 unspecified atom stereocenters. The van der Waals surface area contributed by atoms with Crippen LogP contribution in [0.4, 0.5) is 14.5 Å². The minimum atomic E-state index is -3.99. The molecule has 1 aromatic carbocycles. The number of hydrogen-bond donors (Lipinski definition) is 0. The highest BCUT2D eigenvalue weighted by Gasteiger charge is 2.32. The summed E-state index contributed by atoms with van der Waals surface area (Å²) in [6, 6.07) is 3.01. The lowest BCUT2D eigenvalue weighted by Crippen LogP contribution is -2.50. The molecule has 2 aliphatic rings. The Hall–Kier alpha value is -3.24. The first-order valence-electron chi connectivity index (χ1n) is 14.1. The predicted octanol–water partition coefficient (Wildman–Crippen LogP) is 3.83. The monoisotopic (exact) mass is 640 g/mol. The van der Waals surface area contributed by atoms with Crippen molar-refractivity contribution in [2.24, 2.45) is 5.92 Å². The molecular weight excluding hydrogens is 606 g/mol. The van der Waals surface area contributed by atoms with Crippen LogP contribution in [0, 0.1) is 5.92 Å². The molecule has 0 radical (unpaired) electrons. The topological polar surface area (TPSA) is 137 Å². The summed E-state index contributed by atoms with van der Waals surface area (Å²) in [7, 11) is -2.80. The third-order valence-corrected chi connectivity index (χ3v) is 10.2. The van der Waals surface area contributed by atoms with Gasteiger partial charge in [0.25, 0.3) is 6.43 Å². The van der Waals surface area contributed by atoms with Crippen LogP contribution < -0.4 is 4.90 Å². The van der Waals surface area contributed by atoms with Crippen LogP contribution in [-0.4, -0.2) is 90.8 Å². The van der Waals surface area contributed by atoms with Gasteiger partial charge in [0, 0.05) is 44.1 Å². The van der Waals surface area contributed by atoms with Crippen molar-refractivity contribution in [2.45, 2.75) is 57.1 Å². The average molecular weight is 641 g/mol. The molecule has 0 aliphatic carbocycles. The first kappa shape index (κ1) is 31.2. The number of amides is 1. The van der Waals surface area contributed by atoms with Crippen LogP contribution in [0.15, 0.2) is 17.0 Å². The number of hydrogen-bond acceptors (Lipinski definition) is 11. The molecule has 234 valence electrons. The maximum atomic E-state index is 13.5. The van der Waals surface area contributed by atoms with Gasteiger partial charge in [-0.05, 0) is 31.4 Å².